The largest absolute Gasteiger partial charge is 0.495 e. The Morgan fingerprint density at radius 2 is 1.78 bits per heavy atom. The summed E-state index contributed by atoms with van der Waals surface area (Å²) in [7, 11) is 1.42. The van der Waals surface area contributed by atoms with Crippen LogP contribution in [0.1, 0.15) is 11.1 Å². The first-order valence-electron chi connectivity index (χ1n) is 7.64. The van der Waals surface area contributed by atoms with Gasteiger partial charge in [0.15, 0.2) is 6.61 Å². The van der Waals surface area contributed by atoms with Crippen LogP contribution < -0.4 is 10.1 Å². The first-order chi connectivity index (χ1) is 12.7. The molecule has 1 amide bonds. The van der Waals surface area contributed by atoms with Gasteiger partial charge in [0.1, 0.15) is 5.75 Å². The summed E-state index contributed by atoms with van der Waals surface area (Å²) in [6.07, 6.45) is -4.70. The number of rotatable bonds is 6. The van der Waals surface area contributed by atoms with Crippen LogP contribution in [0.2, 0.25) is 5.02 Å². The van der Waals surface area contributed by atoms with E-state index in [1.165, 1.54) is 25.3 Å². The third-order valence-corrected chi connectivity index (χ3v) is 3.66. The van der Waals surface area contributed by atoms with E-state index in [4.69, 9.17) is 21.1 Å². The lowest BCUT2D eigenvalue weighted by molar-refractivity contribution is -0.146. The lowest BCUT2D eigenvalue weighted by Crippen LogP contribution is -2.22. The minimum Gasteiger partial charge on any atom is -0.495 e. The molecule has 0 atom stereocenters. The van der Waals surface area contributed by atoms with Crippen LogP contribution in [0, 0.1) is 0 Å². The molecule has 0 fully saturated rings. The molecule has 0 unspecified atom stereocenters. The van der Waals surface area contributed by atoms with E-state index in [1.807, 2.05) is 0 Å². The number of alkyl halides is 3. The molecule has 0 bridgehead atoms. The highest BCUT2D eigenvalue weighted by Crippen LogP contribution is 2.29. The fraction of sp³-hybridized carbons (Fsp3) is 0.222. The molecule has 0 heterocycles. The molecule has 144 valence electrons. The number of carbonyl (C=O) groups is 2. The maximum atomic E-state index is 12.5. The van der Waals surface area contributed by atoms with Gasteiger partial charge in [-0.1, -0.05) is 23.7 Å². The maximum absolute atomic E-state index is 12.5. The Bertz CT molecular complexity index is 822. The highest BCUT2D eigenvalue weighted by Gasteiger charge is 2.30. The zero-order valence-electron chi connectivity index (χ0n) is 14.1. The van der Waals surface area contributed by atoms with Crippen molar-refractivity contribution in [2.24, 2.45) is 0 Å². The van der Waals surface area contributed by atoms with Gasteiger partial charge in [-0.15, -0.1) is 0 Å². The molecule has 2 aromatic rings. The van der Waals surface area contributed by atoms with Gasteiger partial charge in [0.2, 0.25) is 0 Å². The van der Waals surface area contributed by atoms with Crippen LogP contribution in [0.5, 0.6) is 5.75 Å². The summed E-state index contributed by atoms with van der Waals surface area (Å²) in [6.45, 7) is -0.560. The summed E-state index contributed by atoms with van der Waals surface area (Å²) in [5.41, 5.74) is -0.159. The van der Waals surface area contributed by atoms with Gasteiger partial charge >= 0.3 is 12.1 Å². The Balaban J connectivity index is 1.86. The summed E-state index contributed by atoms with van der Waals surface area (Å²) in [4.78, 5) is 23.6. The normalized spacial score (nSPS) is 11.0. The molecular weight excluding hydrogens is 387 g/mol. The monoisotopic (exact) mass is 401 g/mol. The Kier molecular flexibility index (Phi) is 6.68. The number of methoxy groups -OCH3 is 1. The quantitative estimate of drug-likeness (QED) is 0.740. The van der Waals surface area contributed by atoms with Crippen molar-refractivity contribution < 1.29 is 32.2 Å². The first-order valence-corrected chi connectivity index (χ1v) is 8.02. The zero-order chi connectivity index (χ0) is 20.0. The van der Waals surface area contributed by atoms with Crippen LogP contribution in [0.4, 0.5) is 18.9 Å². The second-order valence-electron chi connectivity index (χ2n) is 5.42. The smallest absolute Gasteiger partial charge is 0.416 e. The van der Waals surface area contributed by atoms with Crippen LogP contribution in [0.15, 0.2) is 42.5 Å². The second kappa shape index (κ2) is 8.77. The van der Waals surface area contributed by atoms with E-state index in [0.29, 0.717) is 22.0 Å². The molecular formula is C18H15ClF3NO4. The molecule has 1 N–H and O–H groups in total. The van der Waals surface area contributed by atoms with Gasteiger partial charge in [-0.3, -0.25) is 9.59 Å². The highest BCUT2D eigenvalue weighted by molar-refractivity contribution is 6.31. The number of halogens is 4. The van der Waals surface area contributed by atoms with Crippen molar-refractivity contribution in [3.05, 3.63) is 58.6 Å². The van der Waals surface area contributed by atoms with Gasteiger partial charge in [0, 0.05) is 5.02 Å². The Labute approximate surface area is 158 Å². The van der Waals surface area contributed by atoms with E-state index in [0.717, 1.165) is 12.1 Å². The second-order valence-corrected chi connectivity index (χ2v) is 5.86. The highest BCUT2D eigenvalue weighted by atomic mass is 35.5. The summed E-state index contributed by atoms with van der Waals surface area (Å²) >= 11 is 5.85. The summed E-state index contributed by atoms with van der Waals surface area (Å²) in [5.74, 6) is -0.983. The lowest BCUT2D eigenvalue weighted by Gasteiger charge is -2.11. The van der Waals surface area contributed by atoms with E-state index < -0.39 is 30.2 Å². The third-order valence-electron chi connectivity index (χ3n) is 3.43. The van der Waals surface area contributed by atoms with Gasteiger partial charge in [-0.25, -0.2) is 0 Å². The van der Waals surface area contributed by atoms with Gasteiger partial charge in [0.25, 0.3) is 5.91 Å². The fourth-order valence-corrected chi connectivity index (χ4v) is 2.31. The molecule has 0 aromatic heterocycles. The summed E-state index contributed by atoms with van der Waals surface area (Å²) in [5, 5.41) is 2.87. The van der Waals surface area contributed by atoms with Crippen molar-refractivity contribution in [2.75, 3.05) is 19.0 Å². The number of benzene rings is 2. The molecule has 0 aliphatic rings. The SMILES string of the molecule is COc1ccc(Cl)cc1NC(=O)COC(=O)Cc1ccc(C(F)(F)F)cc1. The summed E-state index contributed by atoms with van der Waals surface area (Å²) in [6, 6.07) is 8.74. The van der Waals surface area contributed by atoms with Gasteiger partial charge in [-0.05, 0) is 35.9 Å². The molecule has 0 aliphatic heterocycles. The number of hydrogen-bond acceptors (Lipinski definition) is 4. The van der Waals surface area contributed by atoms with Crippen molar-refractivity contribution >= 4 is 29.2 Å². The predicted molar refractivity (Wildman–Crippen MR) is 92.7 cm³/mol. The number of esters is 1. The van der Waals surface area contributed by atoms with E-state index in [2.05, 4.69) is 5.32 Å². The maximum Gasteiger partial charge on any atom is 0.416 e. The Morgan fingerprint density at radius 3 is 2.37 bits per heavy atom. The van der Waals surface area contributed by atoms with Crippen LogP contribution in [0.25, 0.3) is 0 Å². The van der Waals surface area contributed by atoms with E-state index in [9.17, 15) is 22.8 Å². The number of amides is 1. The minimum absolute atomic E-state index is 0.258. The molecule has 9 heteroatoms. The lowest BCUT2D eigenvalue weighted by atomic mass is 10.1. The molecule has 0 saturated carbocycles. The van der Waals surface area contributed by atoms with Crippen LogP contribution in [0.3, 0.4) is 0 Å². The molecule has 27 heavy (non-hydrogen) atoms. The fourth-order valence-electron chi connectivity index (χ4n) is 2.14. The number of hydrogen-bond donors (Lipinski definition) is 1. The van der Waals surface area contributed by atoms with Crippen molar-refractivity contribution in [3.63, 3.8) is 0 Å². The van der Waals surface area contributed by atoms with Crippen molar-refractivity contribution in [3.8, 4) is 5.75 Å². The van der Waals surface area contributed by atoms with Gasteiger partial charge in [0.05, 0.1) is 24.8 Å². The average molecular weight is 402 g/mol. The molecule has 0 radical (unpaired) electrons. The number of nitrogens with one attached hydrogen (secondary N) is 1. The van der Waals surface area contributed by atoms with E-state index in [1.54, 1.807) is 12.1 Å². The molecule has 2 aromatic carbocycles. The molecule has 2 rings (SSSR count). The van der Waals surface area contributed by atoms with Crippen LogP contribution in [-0.4, -0.2) is 25.6 Å². The summed E-state index contributed by atoms with van der Waals surface area (Å²) < 4.78 is 47.4. The van der Waals surface area contributed by atoms with Crippen molar-refractivity contribution in [2.45, 2.75) is 12.6 Å². The molecule has 5 nitrogen and oxygen atoms in total. The number of anilines is 1. The van der Waals surface area contributed by atoms with Gasteiger partial charge in [-0.2, -0.15) is 13.2 Å². The van der Waals surface area contributed by atoms with Crippen LogP contribution in [-0.2, 0) is 26.9 Å². The van der Waals surface area contributed by atoms with Crippen molar-refractivity contribution in [1.82, 2.24) is 0 Å². The Hall–Kier alpha value is -2.74. The third kappa shape index (κ3) is 6.18. The van der Waals surface area contributed by atoms with Crippen molar-refractivity contribution in [1.29, 1.82) is 0 Å². The molecule has 0 aliphatic carbocycles. The zero-order valence-corrected chi connectivity index (χ0v) is 14.9. The van der Waals surface area contributed by atoms with Gasteiger partial charge < -0.3 is 14.8 Å². The minimum atomic E-state index is -4.45. The standard InChI is InChI=1S/C18H15ClF3NO4/c1-26-15-7-6-13(19)9-14(15)23-16(24)10-27-17(25)8-11-2-4-12(5-3-11)18(20,21)22/h2-7,9H,8,10H2,1H3,(H,23,24). The number of carbonyl (C=O) groups excluding carboxylic acids is 2. The topological polar surface area (TPSA) is 64.6 Å². The first kappa shape index (κ1) is 20.6. The predicted octanol–water partition coefficient (Wildman–Crippen LogP) is 4.09. The average Bonchev–Trinajstić information content (AvgIpc) is 2.60. The molecule has 0 saturated heterocycles. The number of ether oxygens (including phenoxy) is 2. The van der Waals surface area contributed by atoms with E-state index in [-0.39, 0.29) is 6.42 Å². The molecule has 0 spiro atoms. The van der Waals surface area contributed by atoms with Crippen LogP contribution >= 0.6 is 11.6 Å². The Morgan fingerprint density at radius 1 is 1.11 bits per heavy atom. The van der Waals surface area contributed by atoms with E-state index >= 15 is 0 Å².